The van der Waals surface area contributed by atoms with Crippen LogP contribution in [0.25, 0.3) is 28.9 Å². The number of halogens is 3. The van der Waals surface area contributed by atoms with E-state index in [1.54, 1.807) is 6.07 Å². The third-order valence-corrected chi connectivity index (χ3v) is 6.42. The summed E-state index contributed by atoms with van der Waals surface area (Å²) in [7, 11) is -2.36. The van der Waals surface area contributed by atoms with E-state index in [9.17, 15) is 21.6 Å². The Morgan fingerprint density at radius 1 is 1.12 bits per heavy atom. The Bertz CT molecular complexity index is 1540. The van der Waals surface area contributed by atoms with Crippen LogP contribution in [-0.2, 0) is 23.1 Å². The van der Waals surface area contributed by atoms with Crippen LogP contribution in [0.1, 0.15) is 18.4 Å². The third-order valence-electron chi connectivity index (χ3n) is 4.66. The molecule has 4 aromatic heterocycles. The van der Waals surface area contributed by atoms with Crippen LogP contribution < -0.4 is 0 Å². The number of pyridine rings is 1. The van der Waals surface area contributed by atoms with E-state index in [1.807, 2.05) is 0 Å². The van der Waals surface area contributed by atoms with E-state index in [-0.39, 0.29) is 45.3 Å². The molecule has 0 aliphatic heterocycles. The lowest BCUT2D eigenvalue weighted by Gasteiger charge is -2.11. The van der Waals surface area contributed by atoms with Gasteiger partial charge in [-0.05, 0) is 18.2 Å². The molecule has 174 valence electrons. The quantitative estimate of drug-likeness (QED) is 0.402. The molecule has 16 heteroatoms. The first-order valence-electron chi connectivity index (χ1n) is 9.40. The molecule has 0 aromatic carbocycles. The fourth-order valence-corrected chi connectivity index (χ4v) is 3.97. The van der Waals surface area contributed by atoms with Gasteiger partial charge in [-0.25, -0.2) is 33.0 Å². The maximum absolute atomic E-state index is 13.1. The van der Waals surface area contributed by atoms with Gasteiger partial charge < -0.3 is 4.57 Å². The van der Waals surface area contributed by atoms with E-state index in [0.29, 0.717) is 6.07 Å². The van der Waals surface area contributed by atoms with Crippen LogP contribution in [0.15, 0.2) is 35.7 Å². The van der Waals surface area contributed by atoms with Gasteiger partial charge >= 0.3 is 6.18 Å². The number of nitriles is 1. The highest BCUT2D eigenvalue weighted by Gasteiger charge is 2.33. The lowest BCUT2D eigenvalue weighted by Crippen LogP contribution is -2.11. The molecule has 34 heavy (non-hydrogen) atoms. The first-order chi connectivity index (χ1) is 16.0. The molecule has 12 nitrogen and oxygen atoms in total. The summed E-state index contributed by atoms with van der Waals surface area (Å²) in [5, 5.41) is 20.7. The number of hydrogen-bond acceptors (Lipinski definition) is 10. The minimum absolute atomic E-state index is 0.0448. The fraction of sp³-hybridized carbons (Fsp3) is 0.222. The van der Waals surface area contributed by atoms with E-state index in [1.165, 1.54) is 41.7 Å². The Hall–Kier alpha value is -4.26. The zero-order chi connectivity index (χ0) is 24.7. The highest BCUT2D eigenvalue weighted by atomic mass is 32.2. The van der Waals surface area contributed by atoms with Gasteiger partial charge in [0.2, 0.25) is 0 Å². The summed E-state index contributed by atoms with van der Waals surface area (Å²) in [6, 6.07) is 5.15. The topological polar surface area (TPSA) is 158 Å². The predicted octanol–water partition coefficient (Wildman–Crippen LogP) is 1.60. The average Bonchev–Trinajstić information content (AvgIpc) is 3.45. The number of aromatic nitrogens is 9. The van der Waals surface area contributed by atoms with Crippen LogP contribution in [0.3, 0.4) is 0 Å². The van der Waals surface area contributed by atoms with Crippen molar-refractivity contribution in [2.45, 2.75) is 18.0 Å². The number of hydrogen-bond donors (Lipinski definition) is 0. The fourth-order valence-electron chi connectivity index (χ4n) is 2.95. The molecule has 0 unspecified atom stereocenters. The summed E-state index contributed by atoms with van der Waals surface area (Å²) in [5.41, 5.74) is -1.45. The molecule has 0 radical (unpaired) electrons. The monoisotopic (exact) mass is 490 g/mol. The van der Waals surface area contributed by atoms with Crippen LogP contribution >= 0.6 is 0 Å². The summed E-state index contributed by atoms with van der Waals surface area (Å²) >= 11 is 0. The second-order valence-electron chi connectivity index (χ2n) is 6.74. The third kappa shape index (κ3) is 4.08. The SMILES string of the molecule is CCS(=O)(=O)c1ccc(-n2cnc(C#N)n2)nc1-c1nnc(-c2cc(C(F)(F)F)ncn2)n1C. The molecule has 4 aromatic rings. The molecule has 0 bridgehead atoms. The number of sulfone groups is 1. The first kappa shape index (κ1) is 22.9. The first-order valence-corrected chi connectivity index (χ1v) is 11.1. The summed E-state index contributed by atoms with van der Waals surface area (Å²) in [4.78, 5) is 15.0. The molecule has 0 fully saturated rings. The lowest BCUT2D eigenvalue weighted by molar-refractivity contribution is -0.141. The zero-order valence-corrected chi connectivity index (χ0v) is 18.2. The van der Waals surface area contributed by atoms with Crippen LogP contribution in [0.5, 0.6) is 0 Å². The van der Waals surface area contributed by atoms with Crippen molar-refractivity contribution in [2.75, 3.05) is 5.75 Å². The Morgan fingerprint density at radius 3 is 2.50 bits per heavy atom. The van der Waals surface area contributed by atoms with Gasteiger partial charge in [-0.15, -0.1) is 15.3 Å². The maximum atomic E-state index is 13.1. The number of alkyl halides is 3. The summed E-state index contributed by atoms with van der Waals surface area (Å²) < 4.78 is 67.1. The van der Waals surface area contributed by atoms with Crippen molar-refractivity contribution in [3.05, 3.63) is 42.4 Å². The van der Waals surface area contributed by atoms with Crippen molar-refractivity contribution in [1.29, 1.82) is 5.26 Å². The van der Waals surface area contributed by atoms with Gasteiger partial charge in [-0.2, -0.15) is 18.4 Å². The molecular formula is C18H13F3N10O2S. The second kappa shape index (κ2) is 8.26. The molecule has 0 saturated heterocycles. The molecule has 0 saturated carbocycles. The molecular weight excluding hydrogens is 477 g/mol. The van der Waals surface area contributed by atoms with Crippen molar-refractivity contribution in [3.63, 3.8) is 0 Å². The number of nitrogens with zero attached hydrogens (tertiary/aromatic N) is 10. The van der Waals surface area contributed by atoms with Gasteiger partial charge in [0.05, 0.1) is 10.6 Å². The Labute approximate surface area is 189 Å². The number of rotatable bonds is 5. The molecule has 0 aliphatic carbocycles. The van der Waals surface area contributed by atoms with E-state index in [4.69, 9.17) is 5.26 Å². The van der Waals surface area contributed by atoms with Crippen molar-refractivity contribution in [1.82, 2.24) is 44.5 Å². The second-order valence-corrected chi connectivity index (χ2v) is 8.98. The molecule has 0 N–H and O–H groups in total. The normalized spacial score (nSPS) is 12.0. The summed E-state index contributed by atoms with van der Waals surface area (Å²) in [6.45, 7) is 1.45. The highest BCUT2D eigenvalue weighted by molar-refractivity contribution is 7.91. The van der Waals surface area contributed by atoms with Gasteiger partial charge in [0.25, 0.3) is 5.82 Å². The van der Waals surface area contributed by atoms with Crippen LogP contribution in [-0.4, -0.2) is 58.7 Å². The smallest absolute Gasteiger partial charge is 0.307 e. The maximum Gasteiger partial charge on any atom is 0.433 e. The lowest BCUT2D eigenvalue weighted by atomic mass is 10.3. The van der Waals surface area contributed by atoms with Gasteiger partial charge in [0, 0.05) is 7.05 Å². The van der Waals surface area contributed by atoms with Crippen LogP contribution in [0, 0.1) is 11.3 Å². The molecule has 0 aliphatic rings. The molecule has 4 heterocycles. The predicted molar refractivity (Wildman–Crippen MR) is 108 cm³/mol. The largest absolute Gasteiger partial charge is 0.433 e. The average molecular weight is 490 g/mol. The van der Waals surface area contributed by atoms with Crippen molar-refractivity contribution in [3.8, 4) is 34.9 Å². The molecule has 0 spiro atoms. The Balaban J connectivity index is 1.89. The minimum Gasteiger partial charge on any atom is -0.307 e. The van der Waals surface area contributed by atoms with Gasteiger partial charge in [-0.1, -0.05) is 6.92 Å². The van der Waals surface area contributed by atoms with Crippen molar-refractivity contribution >= 4 is 9.84 Å². The highest BCUT2D eigenvalue weighted by Crippen LogP contribution is 2.31. The van der Waals surface area contributed by atoms with Gasteiger partial charge in [0.1, 0.15) is 35.8 Å². The summed E-state index contributed by atoms with van der Waals surface area (Å²) in [5.74, 6) is -0.350. The van der Waals surface area contributed by atoms with E-state index in [0.717, 1.165) is 6.33 Å². The summed E-state index contributed by atoms with van der Waals surface area (Å²) in [6.07, 6.45) is -2.73. The zero-order valence-electron chi connectivity index (χ0n) is 17.4. The van der Waals surface area contributed by atoms with Crippen LogP contribution in [0.2, 0.25) is 0 Å². The standard InChI is InChI=1S/C18H13F3N10O2S/c1-3-34(32,33)11-4-5-14(31-9-25-13(7-22)29-31)26-15(11)17-28-27-16(30(17)2)10-6-12(18(19,20)21)24-8-23-10/h4-6,8-9H,3H2,1-2H3. The van der Waals surface area contributed by atoms with Gasteiger partial charge in [0.15, 0.2) is 27.3 Å². The van der Waals surface area contributed by atoms with Gasteiger partial charge in [-0.3, -0.25) is 0 Å². The Kier molecular flexibility index (Phi) is 5.57. The molecule has 0 atom stereocenters. The molecule has 0 amide bonds. The molecule has 4 rings (SSSR count). The van der Waals surface area contributed by atoms with E-state index < -0.39 is 21.7 Å². The minimum atomic E-state index is -4.70. The van der Waals surface area contributed by atoms with Crippen molar-refractivity contribution < 1.29 is 21.6 Å². The van der Waals surface area contributed by atoms with Crippen LogP contribution in [0.4, 0.5) is 13.2 Å². The van der Waals surface area contributed by atoms with Crippen molar-refractivity contribution in [2.24, 2.45) is 7.05 Å². The Morgan fingerprint density at radius 2 is 1.85 bits per heavy atom. The van der Waals surface area contributed by atoms with E-state index in [2.05, 4.69) is 35.2 Å². The van der Waals surface area contributed by atoms with E-state index >= 15 is 0 Å².